The molecule has 0 unspecified atom stereocenters. The van der Waals surface area contributed by atoms with Crippen LogP contribution in [0.25, 0.3) is 0 Å². The molecule has 3 rings (SSSR count). The summed E-state index contributed by atoms with van der Waals surface area (Å²) in [6.45, 7) is 6.37. The zero-order valence-electron chi connectivity index (χ0n) is 11.1. The summed E-state index contributed by atoms with van der Waals surface area (Å²) in [6.07, 6.45) is 0. The molecule has 0 saturated heterocycles. The summed E-state index contributed by atoms with van der Waals surface area (Å²) >= 11 is 0. The fourth-order valence-corrected chi connectivity index (χ4v) is 3.23. The van der Waals surface area contributed by atoms with Crippen LogP contribution in [0.5, 0.6) is 0 Å². The van der Waals surface area contributed by atoms with Gasteiger partial charge >= 0.3 is 0 Å². The van der Waals surface area contributed by atoms with E-state index in [1.807, 2.05) is 0 Å². The van der Waals surface area contributed by atoms with Crippen molar-refractivity contribution in [2.75, 3.05) is 0 Å². The van der Waals surface area contributed by atoms with E-state index in [1.165, 1.54) is 0 Å². The van der Waals surface area contributed by atoms with Gasteiger partial charge < -0.3 is 4.42 Å². The van der Waals surface area contributed by atoms with Crippen molar-refractivity contribution in [3.05, 3.63) is 52.8 Å². The molecule has 2 aromatic rings. The molecule has 1 heterocycles. The molecular weight excluding hydrogens is 256 g/mol. The van der Waals surface area contributed by atoms with Crippen LogP contribution in [0.2, 0.25) is 19.6 Å². The van der Waals surface area contributed by atoms with Crippen molar-refractivity contribution >= 4 is 25.0 Å². The average molecular weight is 270 g/mol. The molecule has 0 atom stereocenters. The highest BCUT2D eigenvalue weighted by Gasteiger charge is 2.35. The lowest BCUT2D eigenvalue weighted by Gasteiger charge is -2.12. The highest BCUT2D eigenvalue weighted by molar-refractivity contribution is 6.87. The van der Waals surface area contributed by atoms with Gasteiger partial charge in [-0.05, 0) is 6.07 Å². The molecule has 1 aliphatic carbocycles. The number of carbonyl (C=O) groups excluding carboxylic acids is 2. The highest BCUT2D eigenvalue weighted by atomic mass is 28.3. The van der Waals surface area contributed by atoms with E-state index in [9.17, 15) is 9.59 Å². The average Bonchev–Trinajstić information content (AvgIpc) is 2.81. The third-order valence-corrected chi connectivity index (χ3v) is 5.06. The topological polar surface area (TPSA) is 47.3 Å². The SMILES string of the molecule is C[Si](C)(C)c1cc2c(o1)C(=O)c1ccccc1C2=O. The Morgan fingerprint density at radius 3 is 2.05 bits per heavy atom. The van der Waals surface area contributed by atoms with E-state index >= 15 is 0 Å². The smallest absolute Gasteiger partial charge is 0.229 e. The molecule has 0 saturated carbocycles. The van der Waals surface area contributed by atoms with E-state index in [0.717, 1.165) is 5.38 Å². The number of furan rings is 1. The first-order valence-corrected chi connectivity index (χ1v) is 9.72. The van der Waals surface area contributed by atoms with Crippen LogP contribution in [-0.2, 0) is 0 Å². The minimum atomic E-state index is -1.68. The monoisotopic (exact) mass is 270 g/mol. The van der Waals surface area contributed by atoms with E-state index < -0.39 is 8.07 Å². The van der Waals surface area contributed by atoms with Crippen molar-refractivity contribution < 1.29 is 14.0 Å². The summed E-state index contributed by atoms with van der Waals surface area (Å²) < 4.78 is 5.70. The van der Waals surface area contributed by atoms with E-state index in [2.05, 4.69) is 19.6 Å². The molecule has 19 heavy (non-hydrogen) atoms. The number of carbonyl (C=O) groups is 2. The van der Waals surface area contributed by atoms with Gasteiger partial charge in [0, 0.05) is 11.1 Å². The Bertz CT molecular complexity index is 652. The van der Waals surface area contributed by atoms with E-state index in [4.69, 9.17) is 4.42 Å². The molecule has 0 radical (unpaired) electrons. The Hall–Kier alpha value is -1.94. The zero-order chi connectivity index (χ0) is 13.8. The maximum Gasteiger partial charge on any atom is 0.229 e. The van der Waals surface area contributed by atoms with Gasteiger partial charge in [0.15, 0.2) is 11.5 Å². The van der Waals surface area contributed by atoms with Crippen LogP contribution in [0, 0.1) is 0 Å². The zero-order valence-corrected chi connectivity index (χ0v) is 12.1. The summed E-state index contributed by atoms with van der Waals surface area (Å²) in [5.41, 5.74) is 1.33. The summed E-state index contributed by atoms with van der Waals surface area (Å²) in [5.74, 6) is -0.0886. The third-order valence-electron chi connectivity index (χ3n) is 3.34. The maximum atomic E-state index is 12.4. The van der Waals surface area contributed by atoms with Crippen LogP contribution in [0.3, 0.4) is 0 Å². The lowest BCUT2D eigenvalue weighted by molar-refractivity contribution is 0.0961. The molecule has 0 N–H and O–H groups in total. The van der Waals surface area contributed by atoms with Gasteiger partial charge in [0.2, 0.25) is 5.78 Å². The van der Waals surface area contributed by atoms with Crippen LogP contribution in [0.4, 0.5) is 0 Å². The predicted molar refractivity (Wildman–Crippen MR) is 75.0 cm³/mol. The molecule has 0 aliphatic heterocycles. The summed E-state index contributed by atoms with van der Waals surface area (Å²) in [7, 11) is -1.68. The third kappa shape index (κ3) is 1.71. The van der Waals surface area contributed by atoms with Gasteiger partial charge in [-0.2, -0.15) is 0 Å². The van der Waals surface area contributed by atoms with Crippen LogP contribution in [0.15, 0.2) is 34.7 Å². The molecule has 4 heteroatoms. The van der Waals surface area contributed by atoms with Gasteiger partial charge in [-0.3, -0.25) is 9.59 Å². The molecular formula is C15H14O3Si. The standard InChI is InChI=1S/C15H14O3Si/c1-19(2,3)12-8-11-13(16)9-6-4-5-7-10(9)14(17)15(11)18-12/h4-8H,1-3H3. The summed E-state index contributed by atoms with van der Waals surface area (Å²) in [5, 5.41) is 0.798. The van der Waals surface area contributed by atoms with Crippen LogP contribution in [0.1, 0.15) is 32.0 Å². The summed E-state index contributed by atoms with van der Waals surface area (Å²) in [6, 6.07) is 8.67. The van der Waals surface area contributed by atoms with Crippen molar-refractivity contribution in [2.45, 2.75) is 19.6 Å². The Balaban J connectivity index is 2.24. The van der Waals surface area contributed by atoms with Gasteiger partial charge in [0.25, 0.3) is 0 Å². The lowest BCUT2D eigenvalue weighted by Crippen LogP contribution is -2.36. The fraction of sp³-hybridized carbons (Fsp3) is 0.200. The van der Waals surface area contributed by atoms with Gasteiger partial charge in [-0.1, -0.05) is 43.9 Å². The quantitative estimate of drug-likeness (QED) is 0.639. The molecule has 0 bridgehead atoms. The first-order chi connectivity index (χ1) is 8.89. The normalized spacial score (nSPS) is 14.3. The lowest BCUT2D eigenvalue weighted by atomic mass is 9.89. The van der Waals surface area contributed by atoms with Gasteiger partial charge in [-0.15, -0.1) is 0 Å². The number of benzene rings is 1. The maximum absolute atomic E-state index is 12.4. The number of rotatable bonds is 1. The van der Waals surface area contributed by atoms with Crippen LogP contribution in [-0.4, -0.2) is 19.6 Å². The van der Waals surface area contributed by atoms with Gasteiger partial charge in [0.05, 0.1) is 10.9 Å². The number of ketones is 2. The number of hydrogen-bond donors (Lipinski definition) is 0. The van der Waals surface area contributed by atoms with Crippen molar-refractivity contribution in [1.29, 1.82) is 0 Å². The molecule has 1 aromatic heterocycles. The van der Waals surface area contributed by atoms with Crippen LogP contribution < -0.4 is 5.38 Å². The fourth-order valence-electron chi connectivity index (χ4n) is 2.24. The molecule has 0 spiro atoms. The number of hydrogen-bond acceptors (Lipinski definition) is 3. The molecule has 1 aliphatic rings. The molecule has 3 nitrogen and oxygen atoms in total. The van der Waals surface area contributed by atoms with E-state index in [1.54, 1.807) is 30.3 Å². The second kappa shape index (κ2) is 3.77. The molecule has 0 fully saturated rings. The summed E-state index contributed by atoms with van der Waals surface area (Å²) in [4.78, 5) is 24.8. The minimum absolute atomic E-state index is 0.113. The molecule has 96 valence electrons. The predicted octanol–water partition coefficient (Wildman–Crippen LogP) is 2.60. The second-order valence-corrected chi connectivity index (χ2v) is 10.8. The van der Waals surface area contributed by atoms with Crippen LogP contribution >= 0.6 is 0 Å². The van der Waals surface area contributed by atoms with Crippen molar-refractivity contribution in [2.24, 2.45) is 0 Å². The highest BCUT2D eigenvalue weighted by Crippen LogP contribution is 2.27. The van der Waals surface area contributed by atoms with Gasteiger partial charge in [0.1, 0.15) is 8.07 Å². The molecule has 1 aromatic carbocycles. The van der Waals surface area contributed by atoms with Crippen molar-refractivity contribution in [3.63, 3.8) is 0 Å². The largest absolute Gasteiger partial charge is 0.462 e. The Morgan fingerprint density at radius 2 is 1.47 bits per heavy atom. The molecule has 0 amide bonds. The first kappa shape index (κ1) is 12.1. The van der Waals surface area contributed by atoms with Gasteiger partial charge in [-0.25, -0.2) is 0 Å². The van der Waals surface area contributed by atoms with E-state index in [0.29, 0.717) is 16.7 Å². The first-order valence-electron chi connectivity index (χ1n) is 6.22. The Kier molecular flexibility index (Phi) is 2.41. The van der Waals surface area contributed by atoms with E-state index in [-0.39, 0.29) is 17.3 Å². The minimum Gasteiger partial charge on any atom is -0.462 e. The Labute approximate surface area is 112 Å². The second-order valence-electron chi connectivity index (χ2n) is 5.81. The van der Waals surface area contributed by atoms with Crippen molar-refractivity contribution in [1.82, 2.24) is 0 Å². The Morgan fingerprint density at radius 1 is 0.895 bits per heavy atom. The number of fused-ring (bicyclic) bond motifs is 2. The van der Waals surface area contributed by atoms with Crippen molar-refractivity contribution in [3.8, 4) is 0 Å².